The molecule has 0 aliphatic carbocycles. The van der Waals surface area contributed by atoms with E-state index >= 15 is 0 Å². The maximum absolute atomic E-state index is 13.7. The van der Waals surface area contributed by atoms with Crippen LogP contribution in [0.4, 0.5) is 15.8 Å². The highest BCUT2D eigenvalue weighted by Crippen LogP contribution is 2.24. The first-order chi connectivity index (χ1) is 7.58. The van der Waals surface area contributed by atoms with Crippen molar-refractivity contribution in [1.29, 1.82) is 0 Å². The number of pyridine rings is 2. The molecule has 2 aromatic rings. The van der Waals surface area contributed by atoms with Crippen LogP contribution in [0.5, 0.6) is 0 Å². The number of hydrogen-bond acceptors (Lipinski definition) is 4. The lowest BCUT2D eigenvalue weighted by molar-refractivity contribution is 0.629. The Morgan fingerprint density at radius 3 is 2.69 bits per heavy atom. The quantitative estimate of drug-likeness (QED) is 0.764. The van der Waals surface area contributed by atoms with E-state index in [1.807, 2.05) is 0 Å². The van der Waals surface area contributed by atoms with Crippen molar-refractivity contribution in [2.24, 2.45) is 0 Å². The summed E-state index contributed by atoms with van der Waals surface area (Å²) in [6, 6.07) is 4.66. The fourth-order valence-corrected chi connectivity index (χ4v) is 1.43. The van der Waals surface area contributed by atoms with Crippen LogP contribution in [0.2, 0.25) is 0 Å². The zero-order valence-corrected chi connectivity index (χ0v) is 8.74. The van der Waals surface area contributed by atoms with Crippen LogP contribution in [0.15, 0.2) is 24.4 Å². The minimum absolute atomic E-state index is 0.0618. The first-order valence-electron chi connectivity index (χ1n) is 4.72. The lowest BCUT2D eigenvalue weighted by Crippen LogP contribution is -2.00. The molecule has 0 aliphatic heterocycles. The molecule has 16 heavy (non-hydrogen) atoms. The number of anilines is 2. The van der Waals surface area contributed by atoms with Crippen molar-refractivity contribution in [3.05, 3.63) is 35.9 Å². The highest BCUT2D eigenvalue weighted by atomic mass is 19.1. The van der Waals surface area contributed by atoms with E-state index < -0.39 is 5.82 Å². The minimum atomic E-state index is -0.566. The Bertz CT molecular complexity index is 540. The van der Waals surface area contributed by atoms with Crippen molar-refractivity contribution in [2.45, 2.75) is 6.92 Å². The number of hydrogen-bond donors (Lipinski definition) is 2. The third-order valence-corrected chi connectivity index (χ3v) is 2.14. The van der Waals surface area contributed by atoms with E-state index in [4.69, 9.17) is 11.5 Å². The Kier molecular flexibility index (Phi) is 2.44. The van der Waals surface area contributed by atoms with E-state index in [1.54, 1.807) is 19.1 Å². The summed E-state index contributed by atoms with van der Waals surface area (Å²) in [7, 11) is 0. The zero-order chi connectivity index (χ0) is 11.7. The monoisotopic (exact) mass is 218 g/mol. The summed E-state index contributed by atoms with van der Waals surface area (Å²) in [5.74, 6) is -0.566. The van der Waals surface area contributed by atoms with Crippen molar-refractivity contribution < 1.29 is 4.39 Å². The van der Waals surface area contributed by atoms with Crippen molar-refractivity contribution in [3.63, 3.8) is 0 Å². The fourth-order valence-electron chi connectivity index (χ4n) is 1.43. The van der Waals surface area contributed by atoms with Crippen LogP contribution in [0.25, 0.3) is 11.4 Å². The summed E-state index contributed by atoms with van der Waals surface area (Å²) in [6.45, 7) is 1.74. The van der Waals surface area contributed by atoms with Gasteiger partial charge in [0.15, 0.2) is 5.82 Å². The number of halogens is 1. The number of nitrogen functional groups attached to an aromatic ring is 2. The predicted molar refractivity (Wildman–Crippen MR) is 61.0 cm³/mol. The van der Waals surface area contributed by atoms with Gasteiger partial charge in [0.05, 0.1) is 11.4 Å². The molecule has 0 radical (unpaired) electrons. The van der Waals surface area contributed by atoms with Gasteiger partial charge in [-0.05, 0) is 25.1 Å². The lowest BCUT2D eigenvalue weighted by Gasteiger charge is -2.06. The van der Waals surface area contributed by atoms with E-state index in [0.29, 0.717) is 17.1 Å². The van der Waals surface area contributed by atoms with Gasteiger partial charge in [-0.25, -0.2) is 9.37 Å². The van der Waals surface area contributed by atoms with Crippen LogP contribution in [0.3, 0.4) is 0 Å². The molecule has 0 atom stereocenters. The Labute approximate surface area is 92.1 Å². The third-order valence-electron chi connectivity index (χ3n) is 2.14. The van der Waals surface area contributed by atoms with Crippen LogP contribution >= 0.6 is 0 Å². The largest absolute Gasteiger partial charge is 0.399 e. The molecule has 2 rings (SSSR count). The summed E-state index contributed by atoms with van der Waals surface area (Å²) >= 11 is 0. The average molecular weight is 218 g/mol. The number of aryl methyl sites for hydroxylation is 1. The van der Waals surface area contributed by atoms with E-state index in [2.05, 4.69) is 9.97 Å². The summed E-state index contributed by atoms with van der Waals surface area (Å²) in [5, 5.41) is 0. The number of nitrogens with two attached hydrogens (primary N) is 2. The second-order valence-corrected chi connectivity index (χ2v) is 3.49. The SMILES string of the molecule is Cc1cc(N)c(F)c(-c2cc(N)ccn2)n1. The van der Waals surface area contributed by atoms with Gasteiger partial charge >= 0.3 is 0 Å². The second kappa shape index (κ2) is 3.77. The van der Waals surface area contributed by atoms with Gasteiger partial charge in [-0.2, -0.15) is 0 Å². The Morgan fingerprint density at radius 2 is 2.00 bits per heavy atom. The fraction of sp³-hybridized carbons (Fsp3) is 0.0909. The molecule has 0 unspecified atom stereocenters. The number of rotatable bonds is 1. The van der Waals surface area contributed by atoms with Gasteiger partial charge < -0.3 is 11.5 Å². The van der Waals surface area contributed by atoms with E-state index in [1.165, 1.54) is 12.3 Å². The maximum Gasteiger partial charge on any atom is 0.173 e. The summed E-state index contributed by atoms with van der Waals surface area (Å²) in [6.07, 6.45) is 1.50. The standard InChI is InChI=1S/C11H11FN4/c1-6-4-8(14)10(12)11(16-6)9-5-7(13)2-3-15-9/h2-5H,1H3,(H2,13,15)(H2,14,16). The van der Waals surface area contributed by atoms with E-state index in [9.17, 15) is 4.39 Å². The van der Waals surface area contributed by atoms with Crippen molar-refractivity contribution >= 4 is 11.4 Å². The molecule has 0 saturated heterocycles. The normalized spacial score (nSPS) is 10.4. The molecule has 5 heteroatoms. The van der Waals surface area contributed by atoms with Crippen LogP contribution in [0.1, 0.15) is 5.69 Å². The minimum Gasteiger partial charge on any atom is -0.399 e. The second-order valence-electron chi connectivity index (χ2n) is 3.49. The van der Waals surface area contributed by atoms with Crippen LogP contribution in [0, 0.1) is 12.7 Å². The van der Waals surface area contributed by atoms with Gasteiger partial charge in [0, 0.05) is 17.6 Å². The molecular weight excluding hydrogens is 207 g/mol. The molecule has 4 N–H and O–H groups in total. The highest BCUT2D eigenvalue weighted by molar-refractivity contribution is 5.64. The molecule has 0 aliphatic rings. The molecule has 4 nitrogen and oxygen atoms in total. The molecule has 0 aromatic carbocycles. The van der Waals surface area contributed by atoms with Crippen molar-refractivity contribution in [3.8, 4) is 11.4 Å². The van der Waals surface area contributed by atoms with E-state index in [-0.39, 0.29) is 11.4 Å². The smallest absolute Gasteiger partial charge is 0.173 e. The Morgan fingerprint density at radius 1 is 1.25 bits per heavy atom. The maximum atomic E-state index is 13.7. The molecule has 2 heterocycles. The van der Waals surface area contributed by atoms with Crippen LogP contribution in [-0.2, 0) is 0 Å². The number of nitrogens with zero attached hydrogens (tertiary/aromatic N) is 2. The summed E-state index contributed by atoms with van der Waals surface area (Å²) in [4.78, 5) is 8.09. The molecular formula is C11H11FN4. The van der Waals surface area contributed by atoms with Crippen molar-refractivity contribution in [2.75, 3.05) is 11.5 Å². The number of aromatic nitrogens is 2. The third kappa shape index (κ3) is 1.79. The average Bonchev–Trinajstić information content (AvgIpc) is 2.23. The lowest BCUT2D eigenvalue weighted by atomic mass is 10.2. The van der Waals surface area contributed by atoms with Crippen LogP contribution in [-0.4, -0.2) is 9.97 Å². The van der Waals surface area contributed by atoms with Gasteiger partial charge in [0.1, 0.15) is 5.69 Å². The molecule has 0 saturated carbocycles. The van der Waals surface area contributed by atoms with Gasteiger partial charge in [0.25, 0.3) is 0 Å². The topological polar surface area (TPSA) is 77.8 Å². The van der Waals surface area contributed by atoms with Gasteiger partial charge in [-0.1, -0.05) is 0 Å². The zero-order valence-electron chi connectivity index (χ0n) is 8.74. The first kappa shape index (κ1) is 10.4. The molecule has 0 spiro atoms. The Balaban J connectivity index is 2.64. The molecule has 0 bridgehead atoms. The van der Waals surface area contributed by atoms with Crippen LogP contribution < -0.4 is 11.5 Å². The van der Waals surface area contributed by atoms with Crippen molar-refractivity contribution in [1.82, 2.24) is 9.97 Å². The molecule has 0 fully saturated rings. The molecule has 2 aromatic heterocycles. The first-order valence-corrected chi connectivity index (χ1v) is 4.72. The van der Waals surface area contributed by atoms with E-state index in [0.717, 1.165) is 0 Å². The molecule has 0 amide bonds. The summed E-state index contributed by atoms with van der Waals surface area (Å²) in [5.41, 5.74) is 12.8. The van der Waals surface area contributed by atoms with Gasteiger partial charge in [0.2, 0.25) is 0 Å². The highest BCUT2D eigenvalue weighted by Gasteiger charge is 2.12. The molecule has 82 valence electrons. The van der Waals surface area contributed by atoms with Gasteiger partial charge in [-0.3, -0.25) is 4.98 Å². The summed E-state index contributed by atoms with van der Waals surface area (Å²) < 4.78 is 13.7. The van der Waals surface area contributed by atoms with Gasteiger partial charge in [-0.15, -0.1) is 0 Å². The predicted octanol–water partition coefficient (Wildman–Crippen LogP) is 1.76. The Hall–Kier alpha value is -2.17.